The zero-order valence-corrected chi connectivity index (χ0v) is 17.9. The molecular weight excluding hydrogens is 380 g/mol. The van der Waals surface area contributed by atoms with Crippen molar-refractivity contribution in [2.45, 2.75) is 32.4 Å². The fourth-order valence-electron chi connectivity index (χ4n) is 4.17. The highest BCUT2D eigenvalue weighted by atomic mass is 16.7. The molecule has 0 radical (unpaired) electrons. The van der Waals surface area contributed by atoms with E-state index in [9.17, 15) is 4.79 Å². The van der Waals surface area contributed by atoms with Gasteiger partial charge in [-0.05, 0) is 35.4 Å². The first-order valence-electron chi connectivity index (χ1n) is 10.1. The highest BCUT2D eigenvalue weighted by molar-refractivity contribution is 5.85. The van der Waals surface area contributed by atoms with Crippen molar-refractivity contribution < 1.29 is 19.1 Å². The van der Waals surface area contributed by atoms with Crippen LogP contribution in [0.2, 0.25) is 0 Å². The minimum atomic E-state index is -0.273. The maximum Gasteiger partial charge on any atom is 0.142 e. The number of hydroxylamine groups is 2. The topological polar surface area (TPSA) is 71.8 Å². The number of hydrogen-bond acceptors (Lipinski definition) is 6. The number of Topliss-reactive ketones (excluding diaryl/α,β-unsaturated/α-hetero) is 1. The van der Waals surface area contributed by atoms with Gasteiger partial charge in [0, 0.05) is 11.8 Å². The minimum Gasteiger partial charge on any atom is -0.497 e. The molecule has 3 rings (SSSR count). The first-order chi connectivity index (χ1) is 14.5. The Morgan fingerprint density at radius 3 is 1.67 bits per heavy atom. The number of rotatable bonds is 7. The molecular formula is C24H28N2O4. The van der Waals surface area contributed by atoms with Crippen molar-refractivity contribution in [1.29, 1.82) is 5.26 Å². The van der Waals surface area contributed by atoms with Crippen molar-refractivity contribution in [3.63, 3.8) is 0 Å². The molecule has 1 heterocycles. The lowest BCUT2D eigenvalue weighted by atomic mass is 9.75. The average molecular weight is 408 g/mol. The second-order valence-corrected chi connectivity index (χ2v) is 7.52. The van der Waals surface area contributed by atoms with Crippen molar-refractivity contribution in [2.75, 3.05) is 20.8 Å². The smallest absolute Gasteiger partial charge is 0.142 e. The van der Waals surface area contributed by atoms with E-state index in [1.165, 1.54) is 0 Å². The number of hydrogen-bond donors (Lipinski definition) is 0. The normalized spacial score (nSPS) is 24.3. The Bertz CT molecular complexity index is 825. The summed E-state index contributed by atoms with van der Waals surface area (Å²) in [5, 5.41) is 10.9. The fourth-order valence-corrected chi connectivity index (χ4v) is 4.17. The lowest BCUT2D eigenvalue weighted by molar-refractivity contribution is -0.246. The Balaban J connectivity index is 2.04. The van der Waals surface area contributed by atoms with Crippen LogP contribution in [0.3, 0.4) is 0 Å². The van der Waals surface area contributed by atoms with Gasteiger partial charge >= 0.3 is 0 Å². The Hall–Kier alpha value is -2.88. The molecule has 0 N–H and O–H groups in total. The lowest BCUT2D eigenvalue weighted by Crippen LogP contribution is -2.49. The number of nitriles is 1. The molecule has 0 spiro atoms. The maximum atomic E-state index is 13.2. The third kappa shape index (κ3) is 4.33. The van der Waals surface area contributed by atoms with Crippen molar-refractivity contribution in [3.05, 3.63) is 59.7 Å². The van der Waals surface area contributed by atoms with Crippen LogP contribution in [0.15, 0.2) is 48.5 Å². The number of piperidine rings is 1. The standard InChI is InChI=1S/C24H28N2O4/c1-16-22(18-6-10-20(28-3)11-7-18)26(30-15-5-14-25)23(17(2)24(16)27)19-8-12-21(29-4)13-9-19/h6-13,16-17,22-23H,5,15H2,1-4H3/t16-,17+,22+,23-. The summed E-state index contributed by atoms with van der Waals surface area (Å²) in [5.74, 6) is 1.18. The summed E-state index contributed by atoms with van der Waals surface area (Å²) in [6.45, 7) is 4.15. The Morgan fingerprint density at radius 2 is 1.30 bits per heavy atom. The Kier molecular flexibility index (Phi) is 7.09. The molecule has 6 nitrogen and oxygen atoms in total. The molecule has 0 bridgehead atoms. The molecule has 30 heavy (non-hydrogen) atoms. The van der Waals surface area contributed by atoms with Gasteiger partial charge in [0.15, 0.2) is 0 Å². The van der Waals surface area contributed by atoms with E-state index in [4.69, 9.17) is 19.6 Å². The van der Waals surface area contributed by atoms with Crippen molar-refractivity contribution in [2.24, 2.45) is 11.8 Å². The molecule has 0 aliphatic carbocycles. The first kappa shape index (κ1) is 21.8. The van der Waals surface area contributed by atoms with E-state index in [0.29, 0.717) is 0 Å². The molecule has 1 aliphatic heterocycles. The fraction of sp³-hybridized carbons (Fsp3) is 0.417. The second-order valence-electron chi connectivity index (χ2n) is 7.52. The minimum absolute atomic E-state index is 0.191. The SMILES string of the molecule is COc1ccc([C@@H]2[C@@H](C)C(=O)[C@@H](C)[C@H](c3ccc(OC)cc3)N2OCCC#N)cc1. The summed E-state index contributed by atoms with van der Waals surface area (Å²) in [5.41, 5.74) is 1.94. The van der Waals surface area contributed by atoms with Gasteiger partial charge in [0.1, 0.15) is 17.3 Å². The molecule has 158 valence electrons. The average Bonchev–Trinajstić information content (AvgIpc) is 2.78. The van der Waals surface area contributed by atoms with Gasteiger partial charge in [0.2, 0.25) is 0 Å². The first-order valence-corrected chi connectivity index (χ1v) is 10.1. The molecule has 1 fully saturated rings. The van der Waals surface area contributed by atoms with Crippen LogP contribution in [0.4, 0.5) is 0 Å². The van der Waals surface area contributed by atoms with E-state index in [2.05, 4.69) is 6.07 Å². The van der Waals surface area contributed by atoms with Crippen molar-refractivity contribution in [3.8, 4) is 17.6 Å². The van der Waals surface area contributed by atoms with E-state index < -0.39 is 0 Å². The van der Waals surface area contributed by atoms with Crippen LogP contribution >= 0.6 is 0 Å². The third-order valence-electron chi connectivity index (χ3n) is 5.76. The highest BCUT2D eigenvalue weighted by Gasteiger charge is 2.47. The highest BCUT2D eigenvalue weighted by Crippen LogP contribution is 2.46. The number of benzene rings is 2. The summed E-state index contributed by atoms with van der Waals surface area (Å²) in [6, 6.07) is 17.0. The van der Waals surface area contributed by atoms with Gasteiger partial charge in [-0.2, -0.15) is 10.3 Å². The van der Waals surface area contributed by atoms with Crippen molar-refractivity contribution >= 4 is 5.78 Å². The quantitative estimate of drug-likeness (QED) is 0.629. The largest absolute Gasteiger partial charge is 0.497 e. The molecule has 0 saturated carbocycles. The van der Waals surface area contributed by atoms with Gasteiger partial charge < -0.3 is 9.47 Å². The van der Waals surface area contributed by atoms with Gasteiger partial charge in [-0.1, -0.05) is 38.1 Å². The molecule has 0 amide bonds. The number of nitrogens with zero attached hydrogens (tertiary/aromatic N) is 2. The second kappa shape index (κ2) is 9.75. The molecule has 1 aliphatic rings. The number of methoxy groups -OCH3 is 2. The van der Waals surface area contributed by atoms with Crippen LogP contribution in [0.5, 0.6) is 11.5 Å². The van der Waals surface area contributed by atoms with Gasteiger partial charge in [-0.15, -0.1) is 0 Å². The molecule has 0 aromatic heterocycles. The zero-order chi connectivity index (χ0) is 21.7. The zero-order valence-electron chi connectivity index (χ0n) is 17.9. The number of ketones is 1. The van der Waals surface area contributed by atoms with Gasteiger partial charge in [-0.3, -0.25) is 9.63 Å². The number of carbonyl (C=O) groups is 1. The Morgan fingerprint density at radius 1 is 0.867 bits per heavy atom. The van der Waals surface area contributed by atoms with E-state index >= 15 is 0 Å². The Labute approximate surface area is 177 Å². The molecule has 2 aromatic carbocycles. The van der Waals surface area contributed by atoms with Crippen LogP contribution in [-0.4, -0.2) is 31.7 Å². The van der Waals surface area contributed by atoms with Crippen LogP contribution in [0.25, 0.3) is 0 Å². The van der Waals surface area contributed by atoms with E-state index in [1.807, 2.05) is 67.4 Å². The molecule has 6 heteroatoms. The number of carbonyl (C=O) groups excluding carboxylic acids is 1. The summed E-state index contributed by atoms with van der Waals surface area (Å²) in [4.78, 5) is 19.4. The van der Waals surface area contributed by atoms with Gasteiger partial charge in [0.05, 0.1) is 45.4 Å². The summed E-state index contributed by atoms with van der Waals surface area (Å²) in [7, 11) is 3.25. The summed E-state index contributed by atoms with van der Waals surface area (Å²) in [6.07, 6.45) is 0.276. The molecule has 2 aromatic rings. The summed E-state index contributed by atoms with van der Waals surface area (Å²) >= 11 is 0. The van der Waals surface area contributed by atoms with E-state index in [1.54, 1.807) is 14.2 Å². The van der Waals surface area contributed by atoms with Crippen LogP contribution in [-0.2, 0) is 9.63 Å². The van der Waals surface area contributed by atoms with Crippen LogP contribution in [0.1, 0.15) is 43.5 Å². The molecule has 4 atom stereocenters. The van der Waals surface area contributed by atoms with Gasteiger partial charge in [0.25, 0.3) is 0 Å². The summed E-state index contributed by atoms with van der Waals surface area (Å²) < 4.78 is 10.6. The van der Waals surface area contributed by atoms with E-state index in [-0.39, 0.29) is 42.7 Å². The van der Waals surface area contributed by atoms with Crippen LogP contribution in [0, 0.1) is 23.2 Å². The van der Waals surface area contributed by atoms with E-state index in [0.717, 1.165) is 22.6 Å². The monoisotopic (exact) mass is 408 g/mol. The maximum absolute atomic E-state index is 13.2. The predicted octanol–water partition coefficient (Wildman–Crippen LogP) is 4.49. The molecule has 0 unspecified atom stereocenters. The predicted molar refractivity (Wildman–Crippen MR) is 113 cm³/mol. The number of ether oxygens (including phenoxy) is 2. The van der Waals surface area contributed by atoms with Crippen LogP contribution < -0.4 is 9.47 Å². The lowest BCUT2D eigenvalue weighted by Gasteiger charge is -2.47. The third-order valence-corrected chi connectivity index (χ3v) is 5.76. The van der Waals surface area contributed by atoms with Crippen molar-refractivity contribution in [1.82, 2.24) is 5.06 Å². The molecule has 1 saturated heterocycles. The van der Waals surface area contributed by atoms with Gasteiger partial charge in [-0.25, -0.2) is 0 Å².